The van der Waals surface area contributed by atoms with Crippen LogP contribution in [0.2, 0.25) is 0 Å². The Labute approximate surface area is 115 Å². The van der Waals surface area contributed by atoms with E-state index in [0.29, 0.717) is 19.5 Å². The molecule has 0 amide bonds. The van der Waals surface area contributed by atoms with Gasteiger partial charge in [-0.15, -0.1) is 0 Å². The number of nitrogens with one attached hydrogen (secondary N) is 1. The molecule has 0 bridgehead atoms. The monoisotopic (exact) mass is 296 g/mol. The molecule has 0 radical (unpaired) electrons. The van der Waals surface area contributed by atoms with Gasteiger partial charge in [0.1, 0.15) is 0 Å². The van der Waals surface area contributed by atoms with Gasteiger partial charge in [0.05, 0.1) is 18.8 Å². The van der Waals surface area contributed by atoms with Crippen LogP contribution in [0, 0.1) is 0 Å². The number of morpholine rings is 1. The van der Waals surface area contributed by atoms with Crippen LogP contribution >= 0.6 is 0 Å². The third-order valence-electron chi connectivity index (χ3n) is 2.89. The predicted octanol–water partition coefficient (Wildman–Crippen LogP) is -0.673. The summed E-state index contributed by atoms with van der Waals surface area (Å²) in [6.07, 6.45) is 0.0702. The van der Waals surface area contributed by atoms with E-state index < -0.39 is 16.3 Å². The molecule has 1 saturated heterocycles. The van der Waals surface area contributed by atoms with Crippen molar-refractivity contribution in [2.45, 2.75) is 38.5 Å². The molecule has 0 aromatic heterocycles. The van der Waals surface area contributed by atoms with Crippen LogP contribution < -0.4 is 4.72 Å². The minimum Gasteiger partial charge on any atom is -0.396 e. The highest BCUT2D eigenvalue weighted by atomic mass is 32.2. The van der Waals surface area contributed by atoms with Gasteiger partial charge in [-0.05, 0) is 20.3 Å². The van der Waals surface area contributed by atoms with Crippen molar-refractivity contribution in [1.82, 2.24) is 9.03 Å². The molecule has 1 aliphatic rings. The summed E-state index contributed by atoms with van der Waals surface area (Å²) < 4.78 is 38.9. The first-order chi connectivity index (χ1) is 8.89. The van der Waals surface area contributed by atoms with Gasteiger partial charge in [-0.25, -0.2) is 0 Å². The Kier molecular flexibility index (Phi) is 6.64. The third kappa shape index (κ3) is 5.33. The quantitative estimate of drug-likeness (QED) is 0.650. The SMILES string of the molecule is COCC(CCO)NS(=O)(=O)N1CC(C)OC(C)C1. The summed E-state index contributed by atoms with van der Waals surface area (Å²) in [5.41, 5.74) is 0. The number of methoxy groups -OCH3 is 1. The highest BCUT2D eigenvalue weighted by Crippen LogP contribution is 2.14. The number of nitrogens with zero attached hydrogens (tertiary/aromatic N) is 1. The van der Waals surface area contributed by atoms with Gasteiger partial charge in [-0.2, -0.15) is 17.4 Å². The first kappa shape index (κ1) is 16.8. The van der Waals surface area contributed by atoms with E-state index in [1.165, 1.54) is 11.4 Å². The van der Waals surface area contributed by atoms with Gasteiger partial charge in [-0.1, -0.05) is 0 Å². The van der Waals surface area contributed by atoms with Crippen molar-refractivity contribution in [2.24, 2.45) is 0 Å². The van der Waals surface area contributed by atoms with Crippen molar-refractivity contribution >= 4 is 10.2 Å². The Morgan fingerprint density at radius 3 is 2.47 bits per heavy atom. The molecule has 1 aliphatic heterocycles. The maximum absolute atomic E-state index is 12.3. The minimum atomic E-state index is -3.58. The Hall–Kier alpha value is -0.250. The summed E-state index contributed by atoms with van der Waals surface area (Å²) in [6, 6.07) is -0.423. The zero-order valence-corrected chi connectivity index (χ0v) is 12.5. The Morgan fingerprint density at radius 1 is 1.42 bits per heavy atom. The van der Waals surface area contributed by atoms with E-state index in [-0.39, 0.29) is 25.4 Å². The summed E-state index contributed by atoms with van der Waals surface area (Å²) in [7, 11) is -2.08. The van der Waals surface area contributed by atoms with Gasteiger partial charge < -0.3 is 14.6 Å². The molecule has 8 heteroatoms. The fourth-order valence-electron chi connectivity index (χ4n) is 2.15. The summed E-state index contributed by atoms with van der Waals surface area (Å²) >= 11 is 0. The number of aliphatic hydroxyl groups excluding tert-OH is 1. The zero-order chi connectivity index (χ0) is 14.5. The van der Waals surface area contributed by atoms with Gasteiger partial charge in [0.2, 0.25) is 0 Å². The Morgan fingerprint density at radius 2 is 2.00 bits per heavy atom. The van der Waals surface area contributed by atoms with Crippen LogP contribution in [0.5, 0.6) is 0 Å². The molecule has 0 spiro atoms. The van der Waals surface area contributed by atoms with Gasteiger partial charge in [-0.3, -0.25) is 0 Å². The van der Waals surface area contributed by atoms with E-state index in [0.717, 1.165) is 0 Å². The second kappa shape index (κ2) is 7.51. The lowest BCUT2D eigenvalue weighted by Crippen LogP contribution is -2.54. The minimum absolute atomic E-state index is 0.0908. The van der Waals surface area contributed by atoms with Gasteiger partial charge in [0.25, 0.3) is 10.2 Å². The smallest absolute Gasteiger partial charge is 0.279 e. The molecule has 114 valence electrons. The normalized spacial score (nSPS) is 27.4. The van der Waals surface area contributed by atoms with Crippen LogP contribution in [0.3, 0.4) is 0 Å². The maximum Gasteiger partial charge on any atom is 0.279 e. The Bertz CT molecular complexity index is 346. The van der Waals surface area contributed by atoms with Gasteiger partial charge in [0, 0.05) is 32.8 Å². The van der Waals surface area contributed by atoms with E-state index in [9.17, 15) is 8.42 Å². The van der Waals surface area contributed by atoms with Crippen molar-refractivity contribution in [3.63, 3.8) is 0 Å². The maximum atomic E-state index is 12.3. The topological polar surface area (TPSA) is 88.1 Å². The van der Waals surface area contributed by atoms with Crippen LogP contribution in [-0.2, 0) is 19.7 Å². The molecule has 0 aromatic carbocycles. The first-order valence-corrected chi connectivity index (χ1v) is 7.85. The average molecular weight is 296 g/mol. The van der Waals surface area contributed by atoms with Crippen LogP contribution in [0.25, 0.3) is 0 Å². The Balaban J connectivity index is 2.67. The standard InChI is InChI=1S/C11H24N2O5S/c1-9-6-13(7-10(2)18-9)19(15,16)12-11(4-5-14)8-17-3/h9-12,14H,4-8H2,1-3H3. The third-order valence-corrected chi connectivity index (χ3v) is 4.50. The molecule has 19 heavy (non-hydrogen) atoms. The van der Waals surface area contributed by atoms with E-state index in [1.807, 2.05) is 13.8 Å². The highest BCUT2D eigenvalue weighted by molar-refractivity contribution is 7.87. The van der Waals surface area contributed by atoms with Crippen molar-refractivity contribution in [3.05, 3.63) is 0 Å². The predicted molar refractivity (Wildman–Crippen MR) is 71.0 cm³/mol. The molecule has 1 fully saturated rings. The second-order valence-electron chi connectivity index (χ2n) is 4.86. The lowest BCUT2D eigenvalue weighted by Gasteiger charge is -2.35. The molecule has 1 heterocycles. The van der Waals surface area contributed by atoms with Crippen molar-refractivity contribution < 1.29 is 23.0 Å². The van der Waals surface area contributed by atoms with Crippen LogP contribution in [0.4, 0.5) is 0 Å². The fourth-order valence-corrected chi connectivity index (χ4v) is 3.71. The number of rotatable bonds is 7. The van der Waals surface area contributed by atoms with Gasteiger partial charge >= 0.3 is 0 Å². The second-order valence-corrected chi connectivity index (χ2v) is 6.56. The van der Waals surface area contributed by atoms with Gasteiger partial charge in [0.15, 0.2) is 0 Å². The zero-order valence-electron chi connectivity index (χ0n) is 11.7. The molecule has 0 aliphatic carbocycles. The summed E-state index contributed by atoms with van der Waals surface area (Å²) in [5.74, 6) is 0. The van der Waals surface area contributed by atoms with E-state index in [4.69, 9.17) is 14.6 Å². The van der Waals surface area contributed by atoms with E-state index in [1.54, 1.807) is 0 Å². The van der Waals surface area contributed by atoms with E-state index >= 15 is 0 Å². The highest BCUT2D eigenvalue weighted by Gasteiger charge is 2.32. The number of hydrogen-bond donors (Lipinski definition) is 2. The number of hydrogen-bond acceptors (Lipinski definition) is 5. The fraction of sp³-hybridized carbons (Fsp3) is 1.00. The first-order valence-electron chi connectivity index (χ1n) is 6.41. The summed E-state index contributed by atoms with van der Waals surface area (Å²) in [4.78, 5) is 0. The molecule has 7 nitrogen and oxygen atoms in total. The molecular weight excluding hydrogens is 272 g/mol. The molecule has 3 atom stereocenters. The summed E-state index contributed by atoms with van der Waals surface area (Å²) in [6.45, 7) is 4.50. The van der Waals surface area contributed by atoms with E-state index in [2.05, 4.69) is 4.72 Å². The average Bonchev–Trinajstić information content (AvgIpc) is 2.27. The van der Waals surface area contributed by atoms with Crippen LogP contribution in [0.15, 0.2) is 0 Å². The molecule has 0 saturated carbocycles. The molecular formula is C11H24N2O5S. The lowest BCUT2D eigenvalue weighted by atomic mass is 10.2. The van der Waals surface area contributed by atoms with Crippen molar-refractivity contribution in [1.29, 1.82) is 0 Å². The molecule has 2 N–H and O–H groups in total. The lowest BCUT2D eigenvalue weighted by molar-refractivity contribution is -0.0445. The summed E-state index contributed by atoms with van der Waals surface area (Å²) in [5, 5.41) is 8.93. The van der Waals surface area contributed by atoms with Crippen molar-refractivity contribution in [3.8, 4) is 0 Å². The van der Waals surface area contributed by atoms with Crippen molar-refractivity contribution in [2.75, 3.05) is 33.4 Å². The largest absolute Gasteiger partial charge is 0.396 e. The van der Waals surface area contributed by atoms with Crippen LogP contribution in [0.1, 0.15) is 20.3 Å². The molecule has 0 aromatic rings. The molecule has 1 rings (SSSR count). The van der Waals surface area contributed by atoms with Crippen LogP contribution in [-0.4, -0.2) is 69.5 Å². The number of ether oxygens (including phenoxy) is 2. The number of aliphatic hydroxyl groups is 1. The molecule has 3 unspecified atom stereocenters.